The highest BCUT2D eigenvalue weighted by Gasteiger charge is 2.39. The predicted octanol–water partition coefficient (Wildman–Crippen LogP) is 4.26. The Hall–Kier alpha value is -2.10. The van der Waals surface area contributed by atoms with Crippen LogP contribution in [0.4, 0.5) is 0 Å². The standard InChI is InChI=1S/C22H28N2O2/c1-15(2)14-26-21-9-4-16(5-10-21)22(25)24(19-7-8-19)20-6-3-17-12-23-13-18(17)11-20/h4-5,9-10,13,15,19-20H,3,6-8,11-12,14H2,1-2H3. The molecule has 1 heterocycles. The van der Waals surface area contributed by atoms with Crippen molar-refractivity contribution in [2.75, 3.05) is 13.2 Å². The van der Waals surface area contributed by atoms with Crippen molar-refractivity contribution in [3.8, 4) is 5.75 Å². The van der Waals surface area contributed by atoms with E-state index in [0.29, 0.717) is 24.6 Å². The summed E-state index contributed by atoms with van der Waals surface area (Å²) in [4.78, 5) is 19.8. The molecule has 2 aliphatic carbocycles. The molecule has 1 saturated carbocycles. The molecular formula is C22H28N2O2. The molecule has 0 aromatic heterocycles. The third-order valence-electron chi connectivity index (χ3n) is 5.47. The fraction of sp³-hybridized carbons (Fsp3) is 0.545. The van der Waals surface area contributed by atoms with Gasteiger partial charge in [0, 0.05) is 23.9 Å². The molecule has 4 rings (SSSR count). The van der Waals surface area contributed by atoms with E-state index >= 15 is 0 Å². The first-order chi connectivity index (χ1) is 12.6. The summed E-state index contributed by atoms with van der Waals surface area (Å²) in [6.07, 6.45) is 7.42. The van der Waals surface area contributed by atoms with Gasteiger partial charge in [0.15, 0.2) is 0 Å². The molecule has 1 aromatic carbocycles. The highest BCUT2D eigenvalue weighted by atomic mass is 16.5. The molecule has 1 aromatic rings. The average molecular weight is 352 g/mol. The van der Waals surface area contributed by atoms with Crippen LogP contribution in [0.1, 0.15) is 56.3 Å². The van der Waals surface area contributed by atoms with E-state index in [1.54, 1.807) is 0 Å². The number of nitrogens with zero attached hydrogens (tertiary/aromatic N) is 2. The van der Waals surface area contributed by atoms with Crippen LogP contribution in [0.15, 0.2) is 40.4 Å². The van der Waals surface area contributed by atoms with E-state index in [4.69, 9.17) is 4.74 Å². The Morgan fingerprint density at radius 3 is 2.65 bits per heavy atom. The number of aliphatic imine (C=N–C) groups is 1. The molecule has 1 fully saturated rings. The Bertz CT molecular complexity index is 729. The zero-order valence-corrected chi connectivity index (χ0v) is 15.8. The molecule has 4 nitrogen and oxygen atoms in total. The lowest BCUT2D eigenvalue weighted by Crippen LogP contribution is -2.43. The molecule has 0 bridgehead atoms. The summed E-state index contributed by atoms with van der Waals surface area (Å²) in [5.74, 6) is 1.50. The van der Waals surface area contributed by atoms with Crippen molar-refractivity contribution in [3.05, 3.63) is 41.0 Å². The number of carbonyl (C=O) groups is 1. The molecule has 3 aliphatic rings. The number of benzene rings is 1. The third kappa shape index (κ3) is 3.69. The quantitative estimate of drug-likeness (QED) is 0.768. The number of amides is 1. The van der Waals surface area contributed by atoms with Crippen molar-refractivity contribution in [2.24, 2.45) is 10.9 Å². The van der Waals surface area contributed by atoms with E-state index in [0.717, 1.165) is 50.0 Å². The van der Waals surface area contributed by atoms with Crippen LogP contribution in [0.2, 0.25) is 0 Å². The van der Waals surface area contributed by atoms with E-state index in [1.165, 1.54) is 11.1 Å². The zero-order chi connectivity index (χ0) is 18.1. The maximum atomic E-state index is 13.2. The summed E-state index contributed by atoms with van der Waals surface area (Å²) in [6.45, 7) is 5.83. The molecule has 26 heavy (non-hydrogen) atoms. The lowest BCUT2D eigenvalue weighted by atomic mass is 9.88. The molecule has 1 atom stereocenters. The normalized spacial score (nSPS) is 21.9. The van der Waals surface area contributed by atoms with Crippen molar-refractivity contribution in [3.63, 3.8) is 0 Å². The van der Waals surface area contributed by atoms with Gasteiger partial charge in [0.25, 0.3) is 5.91 Å². The smallest absolute Gasteiger partial charge is 0.254 e. The van der Waals surface area contributed by atoms with Gasteiger partial charge in [-0.25, -0.2) is 0 Å². The molecule has 1 unspecified atom stereocenters. The number of carbonyl (C=O) groups excluding carboxylic acids is 1. The molecule has 0 radical (unpaired) electrons. The second-order valence-electron chi connectivity index (χ2n) is 8.17. The Balaban J connectivity index is 1.47. The van der Waals surface area contributed by atoms with Crippen LogP contribution in [0.25, 0.3) is 0 Å². The number of rotatable bonds is 6. The van der Waals surface area contributed by atoms with E-state index in [1.807, 2.05) is 30.5 Å². The Labute approximate surface area is 155 Å². The van der Waals surface area contributed by atoms with Crippen LogP contribution in [-0.2, 0) is 0 Å². The summed E-state index contributed by atoms with van der Waals surface area (Å²) in [5, 5.41) is 0. The molecular weight excluding hydrogens is 324 g/mol. The molecule has 4 heteroatoms. The second kappa shape index (κ2) is 7.26. The van der Waals surface area contributed by atoms with E-state index in [9.17, 15) is 4.79 Å². The van der Waals surface area contributed by atoms with Crippen molar-refractivity contribution in [1.82, 2.24) is 4.90 Å². The van der Waals surface area contributed by atoms with Gasteiger partial charge in [0.05, 0.1) is 13.2 Å². The van der Waals surface area contributed by atoms with Crippen molar-refractivity contribution < 1.29 is 9.53 Å². The van der Waals surface area contributed by atoms with Gasteiger partial charge in [-0.15, -0.1) is 0 Å². The minimum absolute atomic E-state index is 0.173. The Morgan fingerprint density at radius 1 is 1.19 bits per heavy atom. The summed E-state index contributed by atoms with van der Waals surface area (Å²) in [5.41, 5.74) is 3.63. The van der Waals surface area contributed by atoms with Gasteiger partial charge >= 0.3 is 0 Å². The maximum absolute atomic E-state index is 13.2. The average Bonchev–Trinajstić information content (AvgIpc) is 3.36. The minimum atomic E-state index is 0.173. The fourth-order valence-corrected chi connectivity index (χ4v) is 3.92. The monoisotopic (exact) mass is 352 g/mol. The summed E-state index contributed by atoms with van der Waals surface area (Å²) in [7, 11) is 0. The van der Waals surface area contributed by atoms with Crippen molar-refractivity contribution in [1.29, 1.82) is 0 Å². The number of hydrogen-bond acceptors (Lipinski definition) is 3. The zero-order valence-electron chi connectivity index (χ0n) is 15.8. The lowest BCUT2D eigenvalue weighted by Gasteiger charge is -2.35. The van der Waals surface area contributed by atoms with Crippen LogP contribution < -0.4 is 4.74 Å². The first-order valence-corrected chi connectivity index (χ1v) is 9.88. The highest BCUT2D eigenvalue weighted by Crippen LogP contribution is 2.37. The van der Waals surface area contributed by atoms with Crippen LogP contribution in [0, 0.1) is 5.92 Å². The van der Waals surface area contributed by atoms with Gasteiger partial charge < -0.3 is 9.64 Å². The lowest BCUT2D eigenvalue weighted by molar-refractivity contribution is 0.0645. The minimum Gasteiger partial charge on any atom is -0.493 e. The van der Waals surface area contributed by atoms with Gasteiger partial charge in [-0.2, -0.15) is 0 Å². The van der Waals surface area contributed by atoms with Gasteiger partial charge in [0.1, 0.15) is 5.75 Å². The van der Waals surface area contributed by atoms with E-state index < -0.39 is 0 Å². The molecule has 138 valence electrons. The van der Waals surface area contributed by atoms with Gasteiger partial charge in [0.2, 0.25) is 0 Å². The molecule has 0 saturated heterocycles. The Morgan fingerprint density at radius 2 is 1.96 bits per heavy atom. The fourth-order valence-electron chi connectivity index (χ4n) is 3.92. The SMILES string of the molecule is CC(C)COc1ccc(C(=O)N(C2CC2)C2CCC3=C(C=NC3)C2)cc1. The predicted molar refractivity (Wildman–Crippen MR) is 104 cm³/mol. The highest BCUT2D eigenvalue weighted by molar-refractivity contribution is 5.95. The maximum Gasteiger partial charge on any atom is 0.254 e. The topological polar surface area (TPSA) is 41.9 Å². The molecule has 0 spiro atoms. The van der Waals surface area contributed by atoms with E-state index in [2.05, 4.69) is 23.7 Å². The number of hydrogen-bond donors (Lipinski definition) is 0. The summed E-state index contributed by atoms with van der Waals surface area (Å²) >= 11 is 0. The Kier molecular flexibility index (Phi) is 4.84. The van der Waals surface area contributed by atoms with Crippen molar-refractivity contribution in [2.45, 2.75) is 58.0 Å². The van der Waals surface area contributed by atoms with Gasteiger partial charge in [-0.3, -0.25) is 9.79 Å². The molecule has 0 N–H and O–H groups in total. The summed E-state index contributed by atoms with van der Waals surface area (Å²) in [6, 6.07) is 8.41. The van der Waals surface area contributed by atoms with Crippen LogP contribution >= 0.6 is 0 Å². The van der Waals surface area contributed by atoms with Crippen molar-refractivity contribution >= 4 is 12.1 Å². The second-order valence-corrected chi connectivity index (χ2v) is 8.17. The molecule has 1 amide bonds. The van der Waals surface area contributed by atoms with E-state index in [-0.39, 0.29) is 5.91 Å². The van der Waals surface area contributed by atoms with Crippen LogP contribution in [0.5, 0.6) is 5.75 Å². The third-order valence-corrected chi connectivity index (χ3v) is 5.47. The molecule has 1 aliphatic heterocycles. The van der Waals surface area contributed by atoms with Gasteiger partial charge in [-0.1, -0.05) is 13.8 Å². The number of ether oxygens (including phenoxy) is 1. The summed E-state index contributed by atoms with van der Waals surface area (Å²) < 4.78 is 5.74. The van der Waals surface area contributed by atoms with Crippen LogP contribution in [0.3, 0.4) is 0 Å². The first kappa shape index (κ1) is 17.3. The van der Waals surface area contributed by atoms with Gasteiger partial charge in [-0.05, 0) is 73.4 Å². The van der Waals surface area contributed by atoms with Crippen LogP contribution in [-0.4, -0.2) is 42.3 Å². The first-order valence-electron chi connectivity index (χ1n) is 9.88. The largest absolute Gasteiger partial charge is 0.493 e.